The second kappa shape index (κ2) is 11.7. The summed E-state index contributed by atoms with van der Waals surface area (Å²) in [4.78, 5) is 75.2. The van der Waals surface area contributed by atoms with Crippen molar-refractivity contribution in [3.05, 3.63) is 38.0 Å². The number of carbonyl (C=O) groups is 4. The summed E-state index contributed by atoms with van der Waals surface area (Å²) in [5, 5.41) is 22.3. The van der Waals surface area contributed by atoms with E-state index in [4.69, 9.17) is 16.4 Å². The van der Waals surface area contributed by atoms with Crippen molar-refractivity contribution in [2.45, 2.75) is 23.5 Å². The van der Waals surface area contributed by atoms with E-state index in [1.807, 2.05) is 0 Å². The molecule has 3 amide bonds. The molecule has 19 heteroatoms. The second-order valence-electron chi connectivity index (χ2n) is 7.86. The Labute approximate surface area is 237 Å². The van der Waals surface area contributed by atoms with Crippen molar-refractivity contribution in [1.82, 2.24) is 30.0 Å². The Morgan fingerprint density at radius 1 is 1.33 bits per heavy atom. The van der Waals surface area contributed by atoms with Crippen molar-refractivity contribution in [3.63, 3.8) is 0 Å². The van der Waals surface area contributed by atoms with Gasteiger partial charge in [-0.15, -0.1) is 11.8 Å². The minimum Gasteiger partial charge on any atom is -0.477 e. The molecule has 2 aromatic heterocycles. The highest BCUT2D eigenvalue weighted by Gasteiger charge is 2.54. The number of hydrogen-bond acceptors (Lipinski definition) is 13. The van der Waals surface area contributed by atoms with Gasteiger partial charge in [-0.05, 0) is 5.57 Å². The standard InChI is InChI=1S/C20H19ClN8O7S3/c1-7(30)23-15-11(26-19(21)39-15)10(27-36-3)14(32)25-12-16(33)29-13(18(34)35)8(5-37-17(12)29)6-38-20-24-9(31)4-22-28(20)2/h4,12,17H,5-6H2,1-3H3,(H,23,30)(H,25,32)(H,34,35)/b27-10-/t12-,17-/m1/s1. The van der Waals surface area contributed by atoms with Crippen LogP contribution in [0.5, 0.6) is 0 Å². The molecule has 2 aliphatic rings. The number of carboxylic acids is 1. The van der Waals surface area contributed by atoms with Gasteiger partial charge in [0, 0.05) is 25.5 Å². The molecule has 0 saturated carbocycles. The molecule has 4 heterocycles. The van der Waals surface area contributed by atoms with Crippen LogP contribution in [0, 0.1) is 0 Å². The summed E-state index contributed by atoms with van der Waals surface area (Å²) in [6, 6.07) is -1.06. The summed E-state index contributed by atoms with van der Waals surface area (Å²) in [6.45, 7) is 1.27. The first-order valence-electron chi connectivity index (χ1n) is 10.8. The van der Waals surface area contributed by atoms with Gasteiger partial charge in [-0.2, -0.15) is 10.1 Å². The summed E-state index contributed by atoms with van der Waals surface area (Å²) in [5.74, 6) is -2.81. The van der Waals surface area contributed by atoms with Crippen molar-refractivity contribution in [1.29, 1.82) is 0 Å². The van der Waals surface area contributed by atoms with Crippen LogP contribution in [-0.4, -0.2) is 89.2 Å². The van der Waals surface area contributed by atoms with Gasteiger partial charge in [0.1, 0.15) is 41.1 Å². The topological polar surface area (TPSA) is 198 Å². The van der Waals surface area contributed by atoms with Gasteiger partial charge >= 0.3 is 5.97 Å². The van der Waals surface area contributed by atoms with Crippen LogP contribution in [-0.2, 0) is 31.1 Å². The van der Waals surface area contributed by atoms with Gasteiger partial charge in [0.2, 0.25) is 5.91 Å². The second-order valence-corrected chi connectivity index (χ2v) is 11.5. The normalized spacial score (nSPS) is 18.8. The number of nitrogens with one attached hydrogen (secondary N) is 2. The number of carboxylic acid groups (broad SMARTS) is 1. The lowest BCUT2D eigenvalue weighted by atomic mass is 10.0. The lowest BCUT2D eigenvalue weighted by Crippen LogP contribution is -2.71. The number of aliphatic carboxylic acids is 1. The molecule has 0 radical (unpaired) electrons. The molecule has 39 heavy (non-hydrogen) atoms. The zero-order chi connectivity index (χ0) is 28.4. The number of aryl methyl sites for hydroxylation is 1. The maximum absolute atomic E-state index is 13.1. The molecule has 0 aromatic carbocycles. The van der Waals surface area contributed by atoms with E-state index in [1.54, 1.807) is 7.05 Å². The van der Waals surface area contributed by atoms with Crippen LogP contribution in [0.2, 0.25) is 4.47 Å². The smallest absolute Gasteiger partial charge is 0.352 e. The number of hydrogen-bond donors (Lipinski definition) is 3. The first-order valence-corrected chi connectivity index (χ1v) is 14.0. The van der Waals surface area contributed by atoms with E-state index in [-0.39, 0.29) is 43.2 Å². The van der Waals surface area contributed by atoms with E-state index in [0.717, 1.165) is 34.2 Å². The number of nitrogens with zero attached hydrogens (tertiary/aromatic N) is 6. The Hall–Kier alpha value is -3.48. The Morgan fingerprint density at radius 3 is 2.74 bits per heavy atom. The molecule has 3 N–H and O–H groups in total. The Bertz CT molecular complexity index is 1490. The van der Waals surface area contributed by atoms with Crippen LogP contribution in [0.4, 0.5) is 5.00 Å². The molecule has 2 atom stereocenters. The third kappa shape index (κ3) is 5.92. The van der Waals surface area contributed by atoms with Crippen LogP contribution in [0.3, 0.4) is 0 Å². The predicted molar refractivity (Wildman–Crippen MR) is 143 cm³/mol. The van der Waals surface area contributed by atoms with Gasteiger partial charge < -0.3 is 20.6 Å². The zero-order valence-electron chi connectivity index (χ0n) is 20.3. The number of aromatic nitrogens is 4. The fourth-order valence-electron chi connectivity index (χ4n) is 3.64. The van der Waals surface area contributed by atoms with Crippen molar-refractivity contribution < 1.29 is 29.1 Å². The van der Waals surface area contributed by atoms with Gasteiger partial charge in [0.05, 0.1) is 0 Å². The summed E-state index contributed by atoms with van der Waals surface area (Å²) in [5.41, 5.74) is -0.664. The van der Waals surface area contributed by atoms with Gasteiger partial charge in [-0.25, -0.2) is 14.5 Å². The lowest BCUT2D eigenvalue weighted by Gasteiger charge is -2.49. The number of anilines is 1. The number of β-lactam (4-membered cyclic amide) rings is 1. The highest BCUT2D eigenvalue weighted by molar-refractivity contribution is 8.01. The Kier molecular flexibility index (Phi) is 8.57. The Morgan fingerprint density at radius 2 is 2.08 bits per heavy atom. The average Bonchev–Trinajstić information content (AvgIpc) is 3.23. The fourth-order valence-corrected chi connectivity index (χ4v) is 7.11. The number of fused-ring (bicyclic) bond motifs is 1. The maximum atomic E-state index is 13.1. The summed E-state index contributed by atoms with van der Waals surface area (Å²) in [7, 11) is 2.80. The third-order valence-corrected chi connectivity index (χ3v) is 8.77. The molecule has 206 valence electrons. The maximum Gasteiger partial charge on any atom is 0.352 e. The van der Waals surface area contributed by atoms with Gasteiger partial charge in [0.25, 0.3) is 17.4 Å². The van der Waals surface area contributed by atoms with E-state index >= 15 is 0 Å². The van der Waals surface area contributed by atoms with Crippen molar-refractivity contribution in [2.75, 3.05) is 23.9 Å². The van der Waals surface area contributed by atoms with Crippen molar-refractivity contribution in [2.24, 2.45) is 12.2 Å². The van der Waals surface area contributed by atoms with Crippen LogP contribution < -0.4 is 16.2 Å². The first-order chi connectivity index (χ1) is 18.5. The van der Waals surface area contributed by atoms with E-state index in [2.05, 4.69) is 30.9 Å². The van der Waals surface area contributed by atoms with Gasteiger partial charge in [0.15, 0.2) is 15.3 Å². The highest BCUT2D eigenvalue weighted by Crippen LogP contribution is 2.41. The first kappa shape index (κ1) is 28.5. The minimum atomic E-state index is -1.30. The number of amides is 3. The molecule has 2 aliphatic heterocycles. The molecule has 1 fully saturated rings. The monoisotopic (exact) mass is 614 g/mol. The van der Waals surface area contributed by atoms with Crippen LogP contribution >= 0.6 is 46.5 Å². The summed E-state index contributed by atoms with van der Waals surface area (Å²) >= 11 is 9.26. The molecule has 1 saturated heterocycles. The SMILES string of the molecule is CO/N=C(\C(=O)N[C@@H]1C(=O)N2C(C(=O)O)=C(CSc3nc(=O)cnn3C)CS[C@H]12)c1nc(Cl)sc1NC(C)=O. The zero-order valence-corrected chi connectivity index (χ0v) is 23.5. The highest BCUT2D eigenvalue weighted by atomic mass is 35.5. The molecule has 0 spiro atoms. The largest absolute Gasteiger partial charge is 0.477 e. The van der Waals surface area contributed by atoms with Crippen LogP contribution in [0.15, 0.2) is 32.6 Å². The molecular weight excluding hydrogens is 596 g/mol. The Balaban J connectivity index is 1.53. The number of thioether (sulfide) groups is 2. The molecular formula is C20H19ClN8O7S3. The molecule has 15 nitrogen and oxygen atoms in total. The van der Waals surface area contributed by atoms with Crippen molar-refractivity contribution >= 4 is 80.9 Å². The van der Waals surface area contributed by atoms with E-state index in [0.29, 0.717) is 5.57 Å². The molecule has 0 unspecified atom stereocenters. The number of oxime groups is 1. The lowest BCUT2D eigenvalue weighted by molar-refractivity contribution is -0.150. The van der Waals surface area contributed by atoms with E-state index in [9.17, 15) is 29.1 Å². The van der Waals surface area contributed by atoms with Gasteiger partial charge in [-0.1, -0.05) is 39.9 Å². The number of carbonyl (C=O) groups excluding carboxylic acids is 3. The molecule has 0 bridgehead atoms. The third-order valence-electron chi connectivity index (χ3n) is 5.25. The van der Waals surface area contributed by atoms with Gasteiger partial charge in [-0.3, -0.25) is 24.1 Å². The predicted octanol–water partition coefficient (Wildman–Crippen LogP) is 0.125. The quantitative estimate of drug-likeness (QED) is 0.149. The molecule has 0 aliphatic carbocycles. The number of thiazole rings is 1. The van der Waals surface area contributed by atoms with E-state index in [1.165, 1.54) is 30.5 Å². The minimum absolute atomic E-state index is 0.0299. The van der Waals surface area contributed by atoms with Crippen LogP contribution in [0.25, 0.3) is 0 Å². The molecule has 4 rings (SSSR count). The number of halogens is 1. The average molecular weight is 615 g/mol. The van der Waals surface area contributed by atoms with Crippen LogP contribution in [0.1, 0.15) is 12.6 Å². The summed E-state index contributed by atoms with van der Waals surface area (Å²) < 4.78 is 1.42. The number of rotatable bonds is 9. The molecule has 2 aromatic rings. The summed E-state index contributed by atoms with van der Waals surface area (Å²) in [6.07, 6.45) is 1.06. The van der Waals surface area contributed by atoms with Crippen molar-refractivity contribution in [3.8, 4) is 0 Å². The van der Waals surface area contributed by atoms with E-state index < -0.39 is 40.7 Å². The fraction of sp³-hybridized carbons (Fsp3) is 0.350.